The molecule has 1 aromatic rings. The molecule has 138 valence electrons. The highest BCUT2D eigenvalue weighted by molar-refractivity contribution is 6.34. The lowest BCUT2D eigenvalue weighted by atomic mass is 9.94. The van der Waals surface area contributed by atoms with Crippen LogP contribution in [0.15, 0.2) is 18.2 Å². The number of methoxy groups -OCH3 is 1. The second kappa shape index (κ2) is 9.17. The summed E-state index contributed by atoms with van der Waals surface area (Å²) >= 11 is 6.28. The molecule has 0 aliphatic heterocycles. The van der Waals surface area contributed by atoms with Gasteiger partial charge in [0.2, 0.25) is 5.91 Å². The van der Waals surface area contributed by atoms with E-state index in [1.165, 1.54) is 13.5 Å². The van der Waals surface area contributed by atoms with Crippen LogP contribution in [-0.2, 0) is 9.53 Å². The molecule has 0 heterocycles. The van der Waals surface area contributed by atoms with Crippen molar-refractivity contribution in [2.24, 2.45) is 5.73 Å². The number of hydrogen-bond donors (Lipinski definition) is 2. The summed E-state index contributed by atoms with van der Waals surface area (Å²) in [5, 5.41) is 2.98. The topological polar surface area (TPSA) is 84.7 Å². The Bertz CT molecular complexity index is 618. The molecular formula is C18H26ClN3O3. The van der Waals surface area contributed by atoms with Crippen molar-refractivity contribution in [3.05, 3.63) is 28.8 Å². The zero-order chi connectivity index (χ0) is 18.4. The number of amides is 2. The van der Waals surface area contributed by atoms with E-state index in [0.29, 0.717) is 16.3 Å². The maximum atomic E-state index is 12.7. The van der Waals surface area contributed by atoms with Crippen molar-refractivity contribution < 1.29 is 14.3 Å². The van der Waals surface area contributed by atoms with E-state index in [2.05, 4.69) is 5.32 Å². The Labute approximate surface area is 153 Å². The van der Waals surface area contributed by atoms with Crippen LogP contribution in [0.3, 0.4) is 0 Å². The van der Waals surface area contributed by atoms with E-state index in [1.807, 2.05) is 7.05 Å². The number of ether oxygens (including phenoxy) is 1. The summed E-state index contributed by atoms with van der Waals surface area (Å²) in [7, 11) is 3.31. The van der Waals surface area contributed by atoms with Crippen molar-refractivity contribution in [2.45, 2.75) is 44.2 Å². The van der Waals surface area contributed by atoms with Crippen molar-refractivity contribution in [3.8, 4) is 0 Å². The van der Waals surface area contributed by atoms with Crippen LogP contribution in [-0.4, -0.2) is 49.6 Å². The molecule has 1 saturated carbocycles. The molecule has 7 heteroatoms. The maximum absolute atomic E-state index is 12.7. The van der Waals surface area contributed by atoms with Gasteiger partial charge >= 0.3 is 0 Å². The number of rotatable bonds is 6. The van der Waals surface area contributed by atoms with E-state index < -0.39 is 6.04 Å². The molecule has 0 radical (unpaired) electrons. The van der Waals surface area contributed by atoms with Gasteiger partial charge in [-0.3, -0.25) is 9.59 Å². The molecule has 6 nitrogen and oxygen atoms in total. The quantitative estimate of drug-likeness (QED) is 0.809. The summed E-state index contributed by atoms with van der Waals surface area (Å²) in [6, 6.07) is 4.37. The second-order valence-electron chi connectivity index (χ2n) is 6.45. The van der Waals surface area contributed by atoms with Crippen LogP contribution in [0.4, 0.5) is 5.69 Å². The van der Waals surface area contributed by atoms with Gasteiger partial charge in [0.1, 0.15) is 6.04 Å². The monoisotopic (exact) mass is 367 g/mol. The Hall–Kier alpha value is -1.63. The minimum atomic E-state index is -0.762. The number of carbonyl (C=O) groups is 2. The van der Waals surface area contributed by atoms with Crippen molar-refractivity contribution >= 4 is 29.1 Å². The summed E-state index contributed by atoms with van der Waals surface area (Å²) in [6.45, 7) is 0.127. The number of halogens is 1. The first-order valence-corrected chi connectivity index (χ1v) is 8.94. The lowest BCUT2D eigenvalue weighted by Crippen LogP contribution is -2.39. The molecule has 0 bridgehead atoms. The van der Waals surface area contributed by atoms with Crippen LogP contribution in [0, 0.1) is 0 Å². The third-order valence-corrected chi connectivity index (χ3v) is 4.91. The van der Waals surface area contributed by atoms with Gasteiger partial charge in [-0.2, -0.15) is 0 Å². The zero-order valence-corrected chi connectivity index (χ0v) is 15.5. The highest BCUT2D eigenvalue weighted by Crippen LogP contribution is 2.26. The predicted octanol–water partition coefficient (Wildman–Crippen LogP) is 2.66. The molecule has 2 amide bonds. The summed E-state index contributed by atoms with van der Waals surface area (Å²) in [6.07, 6.45) is 5.61. The Morgan fingerprint density at radius 1 is 1.36 bits per heavy atom. The SMILES string of the molecule is COCC(N)C(=O)Nc1ccc(C(=O)N(C)C2CCCCC2)c(Cl)c1. The van der Waals surface area contributed by atoms with E-state index in [9.17, 15) is 9.59 Å². The Balaban J connectivity index is 2.05. The molecule has 25 heavy (non-hydrogen) atoms. The molecular weight excluding hydrogens is 342 g/mol. The molecule has 0 saturated heterocycles. The number of nitrogens with two attached hydrogens (primary N) is 1. The fourth-order valence-electron chi connectivity index (χ4n) is 3.08. The largest absolute Gasteiger partial charge is 0.383 e. The van der Waals surface area contributed by atoms with Gasteiger partial charge in [-0.1, -0.05) is 30.9 Å². The summed E-state index contributed by atoms with van der Waals surface area (Å²) in [4.78, 5) is 26.4. The number of anilines is 1. The second-order valence-corrected chi connectivity index (χ2v) is 6.86. The standard InChI is InChI=1S/C18H26ClN3O3/c1-22(13-6-4-3-5-7-13)18(24)14-9-8-12(10-15(14)19)21-17(23)16(20)11-25-2/h8-10,13,16H,3-7,11,20H2,1-2H3,(H,21,23). The molecule has 0 aromatic heterocycles. The first-order valence-electron chi connectivity index (χ1n) is 8.56. The van der Waals surface area contributed by atoms with Crippen molar-refractivity contribution in [2.75, 3.05) is 26.1 Å². The number of carbonyl (C=O) groups excluding carboxylic acids is 2. The normalized spacial score (nSPS) is 16.3. The summed E-state index contributed by atoms with van der Waals surface area (Å²) < 4.78 is 4.86. The Morgan fingerprint density at radius 3 is 2.64 bits per heavy atom. The minimum absolute atomic E-state index is 0.0918. The molecule has 1 aliphatic carbocycles. The van der Waals surface area contributed by atoms with Gasteiger partial charge in [-0.15, -0.1) is 0 Å². The third kappa shape index (κ3) is 5.17. The molecule has 0 spiro atoms. The molecule has 1 aliphatic rings. The molecule has 2 rings (SSSR count). The van der Waals surface area contributed by atoms with E-state index in [-0.39, 0.29) is 24.5 Å². The van der Waals surface area contributed by atoms with Gasteiger partial charge in [-0.05, 0) is 31.0 Å². The molecule has 1 atom stereocenters. The average Bonchev–Trinajstić information content (AvgIpc) is 2.61. The van der Waals surface area contributed by atoms with E-state index >= 15 is 0 Å². The Morgan fingerprint density at radius 2 is 2.04 bits per heavy atom. The Kier molecular flexibility index (Phi) is 7.23. The predicted molar refractivity (Wildman–Crippen MR) is 98.9 cm³/mol. The van der Waals surface area contributed by atoms with Crippen molar-refractivity contribution in [1.29, 1.82) is 0 Å². The molecule has 3 N–H and O–H groups in total. The smallest absolute Gasteiger partial charge is 0.255 e. The summed E-state index contributed by atoms with van der Waals surface area (Å²) in [5.41, 5.74) is 6.62. The number of nitrogens with zero attached hydrogens (tertiary/aromatic N) is 1. The fourth-order valence-corrected chi connectivity index (χ4v) is 3.34. The average molecular weight is 368 g/mol. The van der Waals surface area contributed by atoms with Crippen molar-refractivity contribution in [1.82, 2.24) is 4.90 Å². The van der Waals surface area contributed by atoms with Crippen LogP contribution in [0.25, 0.3) is 0 Å². The van der Waals surface area contributed by atoms with Crippen LogP contribution in [0.5, 0.6) is 0 Å². The minimum Gasteiger partial charge on any atom is -0.383 e. The fraction of sp³-hybridized carbons (Fsp3) is 0.556. The number of hydrogen-bond acceptors (Lipinski definition) is 4. The van der Waals surface area contributed by atoms with Gasteiger partial charge in [0.15, 0.2) is 0 Å². The van der Waals surface area contributed by atoms with E-state index in [1.54, 1.807) is 23.1 Å². The highest BCUT2D eigenvalue weighted by atomic mass is 35.5. The third-order valence-electron chi connectivity index (χ3n) is 4.59. The van der Waals surface area contributed by atoms with E-state index in [4.69, 9.17) is 22.1 Å². The van der Waals surface area contributed by atoms with Crippen LogP contribution in [0.1, 0.15) is 42.5 Å². The number of benzene rings is 1. The lowest BCUT2D eigenvalue weighted by Gasteiger charge is -2.31. The summed E-state index contributed by atoms with van der Waals surface area (Å²) in [5.74, 6) is -0.456. The van der Waals surface area contributed by atoms with Crippen molar-refractivity contribution in [3.63, 3.8) is 0 Å². The first kappa shape index (κ1) is 19.7. The molecule has 1 unspecified atom stereocenters. The van der Waals surface area contributed by atoms with Gasteiger partial charge in [0.25, 0.3) is 5.91 Å². The molecule has 1 aromatic carbocycles. The molecule has 1 fully saturated rings. The van der Waals surface area contributed by atoms with Gasteiger partial charge in [-0.25, -0.2) is 0 Å². The highest BCUT2D eigenvalue weighted by Gasteiger charge is 2.24. The van der Waals surface area contributed by atoms with E-state index in [0.717, 1.165) is 25.7 Å². The van der Waals surface area contributed by atoms with Crippen LogP contribution >= 0.6 is 11.6 Å². The van der Waals surface area contributed by atoms with Gasteiger partial charge in [0, 0.05) is 25.9 Å². The maximum Gasteiger partial charge on any atom is 0.255 e. The lowest BCUT2D eigenvalue weighted by molar-refractivity contribution is -0.118. The zero-order valence-electron chi connectivity index (χ0n) is 14.8. The van der Waals surface area contributed by atoms with Crippen LogP contribution < -0.4 is 11.1 Å². The first-order chi connectivity index (χ1) is 11.9. The van der Waals surface area contributed by atoms with Gasteiger partial charge < -0.3 is 20.7 Å². The number of nitrogens with one attached hydrogen (secondary N) is 1. The van der Waals surface area contributed by atoms with Gasteiger partial charge in [0.05, 0.1) is 17.2 Å². The van der Waals surface area contributed by atoms with Crippen LogP contribution in [0.2, 0.25) is 5.02 Å².